The fraction of sp³-hybridized carbons (Fsp3) is 0. The number of rotatable bonds is 2. The van der Waals surface area contributed by atoms with Crippen LogP contribution in [0, 0.1) is 6.07 Å². The van der Waals surface area contributed by atoms with Crippen molar-refractivity contribution in [1.82, 2.24) is 19.9 Å². The van der Waals surface area contributed by atoms with Crippen molar-refractivity contribution in [2.75, 3.05) is 0 Å². The van der Waals surface area contributed by atoms with Gasteiger partial charge in [0.1, 0.15) is 5.69 Å². The number of para-hydroxylation sites is 2. The minimum absolute atomic E-state index is 0. The number of thiophene rings is 1. The molecule has 6 heteroatoms. The van der Waals surface area contributed by atoms with E-state index in [4.69, 9.17) is 0 Å². The Hall–Kier alpha value is -3.70. The Morgan fingerprint density at radius 1 is 0.714 bits per heavy atom. The van der Waals surface area contributed by atoms with Crippen molar-refractivity contribution in [3.8, 4) is 22.1 Å². The molecule has 7 rings (SSSR count). The van der Waals surface area contributed by atoms with Crippen molar-refractivity contribution in [2.24, 2.45) is 0 Å². The molecule has 0 saturated heterocycles. The Morgan fingerprint density at radius 2 is 1.51 bits per heavy atom. The van der Waals surface area contributed by atoms with E-state index in [-0.39, 0.29) is 20.1 Å². The third-order valence-corrected chi connectivity index (χ3v) is 6.61. The van der Waals surface area contributed by atoms with E-state index < -0.39 is 0 Å². The summed E-state index contributed by atoms with van der Waals surface area (Å²) in [6, 6.07) is 35.9. The molecule has 0 atom stereocenters. The molecule has 1 radical (unpaired) electrons. The van der Waals surface area contributed by atoms with Gasteiger partial charge in [-0.2, -0.15) is 0 Å². The zero-order valence-corrected chi connectivity index (χ0v) is 21.7. The second-order valence-corrected chi connectivity index (χ2v) is 8.80. The first-order chi connectivity index (χ1) is 16.8. The monoisotopic (exact) mass is 648 g/mol. The van der Waals surface area contributed by atoms with Crippen LogP contribution in [0.15, 0.2) is 109 Å². The van der Waals surface area contributed by atoms with Crippen molar-refractivity contribution >= 4 is 43.2 Å². The van der Waals surface area contributed by atoms with E-state index in [9.17, 15) is 0 Å². The normalized spacial score (nSPS) is 10.6. The molecule has 0 bridgehead atoms. The first-order valence-corrected chi connectivity index (χ1v) is 11.8. The summed E-state index contributed by atoms with van der Waals surface area (Å²) in [6.07, 6.45) is 3.64. The van der Waals surface area contributed by atoms with Gasteiger partial charge in [-0.15, -0.1) is 23.6 Å². The van der Waals surface area contributed by atoms with E-state index in [0.717, 1.165) is 38.5 Å². The summed E-state index contributed by atoms with van der Waals surface area (Å²) in [4.78, 5) is 17.6. The fourth-order valence-corrected chi connectivity index (χ4v) is 4.92. The second-order valence-electron chi connectivity index (χ2n) is 7.75. The molecule has 3 aromatic carbocycles. The summed E-state index contributed by atoms with van der Waals surface area (Å²) >= 11 is 1.75. The summed E-state index contributed by atoms with van der Waals surface area (Å²) in [6.45, 7) is 0. The summed E-state index contributed by atoms with van der Waals surface area (Å²) in [7, 11) is 0. The molecule has 0 aliphatic carbocycles. The van der Waals surface area contributed by atoms with Gasteiger partial charge in [0.2, 0.25) is 0 Å². The van der Waals surface area contributed by atoms with Crippen LogP contribution in [0.25, 0.3) is 54.0 Å². The molecule has 0 amide bonds. The van der Waals surface area contributed by atoms with Crippen molar-refractivity contribution in [3.05, 3.63) is 116 Å². The third-order valence-electron chi connectivity index (χ3n) is 5.53. The van der Waals surface area contributed by atoms with Gasteiger partial charge in [-0.1, -0.05) is 54.6 Å². The van der Waals surface area contributed by atoms with Gasteiger partial charge in [-0.3, -0.25) is 4.98 Å². The number of aromatic amines is 1. The van der Waals surface area contributed by atoms with Crippen LogP contribution in [0.3, 0.4) is 0 Å². The predicted molar refractivity (Wildman–Crippen MR) is 141 cm³/mol. The topological polar surface area (TPSA) is 54.5 Å². The first-order valence-electron chi connectivity index (χ1n) is 11.0. The molecular formula is C29H19IrN4S-. The minimum Gasteiger partial charge on any atom is -0.337 e. The van der Waals surface area contributed by atoms with Gasteiger partial charge in [0.15, 0.2) is 5.82 Å². The Labute approximate surface area is 220 Å². The molecular weight excluding hydrogens is 629 g/mol. The maximum Gasteiger partial charge on any atom is 0.157 e. The van der Waals surface area contributed by atoms with Crippen LogP contribution in [-0.4, -0.2) is 19.9 Å². The second kappa shape index (κ2) is 10.3. The first kappa shape index (κ1) is 23.1. The third kappa shape index (κ3) is 4.77. The Morgan fingerprint density at radius 3 is 2.37 bits per heavy atom. The molecule has 0 unspecified atom stereocenters. The van der Waals surface area contributed by atoms with Crippen LogP contribution in [0.1, 0.15) is 0 Å². The number of pyridine rings is 2. The van der Waals surface area contributed by atoms with Crippen molar-refractivity contribution in [2.45, 2.75) is 0 Å². The number of nitrogens with one attached hydrogen (secondary N) is 1. The number of hydrogen-bond acceptors (Lipinski definition) is 4. The molecule has 0 aliphatic heterocycles. The van der Waals surface area contributed by atoms with E-state index in [2.05, 4.69) is 68.5 Å². The van der Waals surface area contributed by atoms with Crippen LogP contribution in [0.5, 0.6) is 0 Å². The summed E-state index contributed by atoms with van der Waals surface area (Å²) in [5, 5.41) is 3.57. The molecule has 0 aliphatic rings. The number of aromatic nitrogens is 4. The number of H-pyrrole nitrogens is 1. The van der Waals surface area contributed by atoms with Gasteiger partial charge in [0.05, 0.1) is 11.0 Å². The number of benzene rings is 3. The van der Waals surface area contributed by atoms with Crippen LogP contribution in [0.2, 0.25) is 0 Å². The number of imidazole rings is 1. The maximum atomic E-state index is 4.55. The largest absolute Gasteiger partial charge is 0.337 e. The molecule has 4 heterocycles. The minimum atomic E-state index is 0. The molecule has 171 valence electrons. The van der Waals surface area contributed by atoms with E-state index >= 15 is 0 Å². The predicted octanol–water partition coefficient (Wildman–Crippen LogP) is 7.54. The van der Waals surface area contributed by atoms with Gasteiger partial charge in [-0.25, -0.2) is 16.3 Å². The van der Waals surface area contributed by atoms with Crippen LogP contribution < -0.4 is 0 Å². The smallest absolute Gasteiger partial charge is 0.157 e. The van der Waals surface area contributed by atoms with E-state index in [0.29, 0.717) is 0 Å². The van der Waals surface area contributed by atoms with Crippen LogP contribution >= 0.6 is 11.3 Å². The molecule has 4 aromatic heterocycles. The summed E-state index contributed by atoms with van der Waals surface area (Å²) in [5.74, 6) is 0.816. The van der Waals surface area contributed by atoms with Crippen molar-refractivity contribution in [1.29, 1.82) is 0 Å². The van der Waals surface area contributed by atoms with Gasteiger partial charge in [0, 0.05) is 38.2 Å². The quantitative estimate of drug-likeness (QED) is 0.197. The summed E-state index contributed by atoms with van der Waals surface area (Å²) in [5.41, 5.74) is 3.91. The maximum absolute atomic E-state index is 4.55. The van der Waals surface area contributed by atoms with Crippen LogP contribution in [-0.2, 0) is 20.1 Å². The average molecular weight is 648 g/mol. The molecule has 0 fully saturated rings. The number of hydrogen-bond donors (Lipinski definition) is 1. The average Bonchev–Trinajstić information content (AvgIpc) is 3.54. The molecule has 0 spiro atoms. The van der Waals surface area contributed by atoms with Crippen molar-refractivity contribution < 1.29 is 20.1 Å². The molecule has 4 nitrogen and oxygen atoms in total. The Balaban J connectivity index is 0.000000145. The SMILES string of the molecule is [Ir].[c-]1c(-c2nccc3ccccc23)sc2ccccc12.c1ccc(-c2nc3ccccc3[nH]2)nc1. The van der Waals surface area contributed by atoms with E-state index in [1.807, 2.05) is 60.8 Å². The van der Waals surface area contributed by atoms with Gasteiger partial charge in [-0.05, 0) is 50.7 Å². The standard InChI is InChI=1S/C17H10NS.C12H9N3.Ir/c1-3-7-14-12(5-1)9-10-18-17(14)16-11-13-6-2-4-8-15(13)19-16;1-2-6-10-9(5-1)14-12(15-10)11-7-3-4-8-13-11;/h1-10H;1-8H,(H,14,15);/q-1;;. The summed E-state index contributed by atoms with van der Waals surface area (Å²) < 4.78 is 1.26. The van der Waals surface area contributed by atoms with E-state index in [1.54, 1.807) is 17.5 Å². The molecule has 7 aromatic rings. The molecule has 1 N–H and O–H groups in total. The fourth-order valence-electron chi connectivity index (χ4n) is 3.90. The van der Waals surface area contributed by atoms with Gasteiger partial charge in [0.25, 0.3) is 0 Å². The number of nitrogens with zero attached hydrogens (tertiary/aromatic N) is 3. The Bertz CT molecular complexity index is 1650. The van der Waals surface area contributed by atoms with E-state index in [1.165, 1.54) is 15.5 Å². The number of fused-ring (bicyclic) bond motifs is 3. The molecule has 35 heavy (non-hydrogen) atoms. The molecule has 0 saturated carbocycles. The van der Waals surface area contributed by atoms with Gasteiger partial charge >= 0.3 is 0 Å². The zero-order valence-electron chi connectivity index (χ0n) is 18.5. The van der Waals surface area contributed by atoms with Crippen LogP contribution in [0.4, 0.5) is 0 Å². The Kier molecular flexibility index (Phi) is 6.77. The van der Waals surface area contributed by atoms with Gasteiger partial charge < -0.3 is 9.97 Å². The zero-order chi connectivity index (χ0) is 22.7. The van der Waals surface area contributed by atoms with Crippen molar-refractivity contribution in [3.63, 3.8) is 0 Å².